The molecular formula is C22H24N2O3. The molecular weight excluding hydrogens is 340 g/mol. The molecule has 0 aliphatic heterocycles. The normalized spacial score (nSPS) is 10.9. The number of benzene rings is 2. The summed E-state index contributed by atoms with van der Waals surface area (Å²) in [5.41, 5.74) is 3.65. The molecule has 5 nitrogen and oxygen atoms in total. The Morgan fingerprint density at radius 3 is 2.67 bits per heavy atom. The smallest absolute Gasteiger partial charge is 0.226 e. The zero-order valence-electron chi connectivity index (χ0n) is 15.6. The van der Waals surface area contributed by atoms with Crippen LogP contribution in [-0.4, -0.2) is 17.0 Å². The first kappa shape index (κ1) is 18.9. The molecule has 0 spiro atoms. The highest BCUT2D eigenvalue weighted by Crippen LogP contribution is 2.18. The molecule has 0 radical (unpaired) electrons. The quantitative estimate of drug-likeness (QED) is 0.653. The van der Waals surface area contributed by atoms with Gasteiger partial charge in [0.15, 0.2) is 0 Å². The molecule has 0 saturated heterocycles. The van der Waals surface area contributed by atoms with Crippen molar-refractivity contribution in [3.63, 3.8) is 0 Å². The fraction of sp³-hybridized carbons (Fsp3) is 0.273. The number of oxazole rings is 1. The van der Waals surface area contributed by atoms with Crippen molar-refractivity contribution in [2.75, 3.05) is 0 Å². The van der Waals surface area contributed by atoms with Crippen molar-refractivity contribution in [2.24, 2.45) is 0 Å². The lowest BCUT2D eigenvalue weighted by atomic mass is 10.1. The second-order valence-electron chi connectivity index (χ2n) is 6.64. The van der Waals surface area contributed by atoms with Crippen LogP contribution in [0.3, 0.4) is 0 Å². The number of hydrogen-bond donors (Lipinski definition) is 1. The van der Waals surface area contributed by atoms with Crippen LogP contribution in [0.25, 0.3) is 11.5 Å². The van der Waals surface area contributed by atoms with Gasteiger partial charge in [0.05, 0.1) is 24.8 Å². The Bertz CT molecular complexity index is 872. The number of rotatable bonds is 8. The first-order valence-electron chi connectivity index (χ1n) is 9.06. The average molecular weight is 364 g/mol. The third-order valence-electron chi connectivity index (χ3n) is 3.98. The Morgan fingerprint density at radius 1 is 1.11 bits per heavy atom. The third-order valence-corrected chi connectivity index (χ3v) is 3.98. The highest BCUT2D eigenvalue weighted by atomic mass is 16.5. The first-order valence-corrected chi connectivity index (χ1v) is 9.06. The lowest BCUT2D eigenvalue weighted by Gasteiger charge is -2.09. The number of amides is 1. The van der Waals surface area contributed by atoms with Gasteiger partial charge in [-0.05, 0) is 37.1 Å². The standard InChI is InChI=1S/C22H24N2O3/c1-16(2)26-14-18-8-6-7-17(11-18)13-23-21(25)12-20-15-27-22(24-20)19-9-4-3-5-10-19/h3-11,15-16H,12-14H2,1-2H3,(H,23,25). The Kier molecular flexibility index (Phi) is 6.39. The van der Waals surface area contributed by atoms with Gasteiger partial charge in [-0.1, -0.05) is 42.5 Å². The largest absolute Gasteiger partial charge is 0.444 e. The van der Waals surface area contributed by atoms with Crippen LogP contribution < -0.4 is 5.32 Å². The fourth-order valence-electron chi connectivity index (χ4n) is 2.62. The molecule has 0 fully saturated rings. The van der Waals surface area contributed by atoms with Crippen LogP contribution in [0.4, 0.5) is 0 Å². The van der Waals surface area contributed by atoms with Crippen molar-refractivity contribution in [1.82, 2.24) is 10.3 Å². The van der Waals surface area contributed by atoms with E-state index in [0.717, 1.165) is 16.7 Å². The summed E-state index contributed by atoms with van der Waals surface area (Å²) in [7, 11) is 0. The summed E-state index contributed by atoms with van der Waals surface area (Å²) in [6.45, 7) is 5.06. The van der Waals surface area contributed by atoms with Crippen LogP contribution in [0.2, 0.25) is 0 Å². The van der Waals surface area contributed by atoms with Crippen LogP contribution in [0.15, 0.2) is 65.3 Å². The molecule has 27 heavy (non-hydrogen) atoms. The second-order valence-corrected chi connectivity index (χ2v) is 6.64. The van der Waals surface area contributed by atoms with Crippen molar-refractivity contribution in [3.8, 4) is 11.5 Å². The summed E-state index contributed by atoms with van der Waals surface area (Å²) in [4.78, 5) is 16.6. The van der Waals surface area contributed by atoms with E-state index in [9.17, 15) is 4.79 Å². The first-order chi connectivity index (χ1) is 13.1. The molecule has 140 valence electrons. The highest BCUT2D eigenvalue weighted by molar-refractivity contribution is 5.78. The van der Waals surface area contributed by atoms with Gasteiger partial charge in [-0.25, -0.2) is 4.98 Å². The predicted molar refractivity (Wildman–Crippen MR) is 104 cm³/mol. The molecule has 3 rings (SSSR count). The molecule has 0 bridgehead atoms. The Hall–Kier alpha value is -2.92. The maximum Gasteiger partial charge on any atom is 0.226 e. The van der Waals surface area contributed by atoms with Crippen molar-refractivity contribution in [2.45, 2.75) is 39.5 Å². The number of carbonyl (C=O) groups is 1. The summed E-state index contributed by atoms with van der Waals surface area (Å²) in [5, 5.41) is 2.93. The van der Waals surface area contributed by atoms with Gasteiger partial charge in [0.1, 0.15) is 6.26 Å². The number of aromatic nitrogens is 1. The van der Waals surface area contributed by atoms with Gasteiger partial charge in [-0.3, -0.25) is 4.79 Å². The summed E-state index contributed by atoms with van der Waals surface area (Å²) in [6, 6.07) is 17.7. The van der Waals surface area contributed by atoms with Gasteiger partial charge in [-0.15, -0.1) is 0 Å². The zero-order valence-corrected chi connectivity index (χ0v) is 15.6. The van der Waals surface area contributed by atoms with E-state index in [-0.39, 0.29) is 18.4 Å². The minimum absolute atomic E-state index is 0.0910. The average Bonchev–Trinajstić information content (AvgIpc) is 3.14. The maximum atomic E-state index is 12.2. The Morgan fingerprint density at radius 2 is 1.89 bits per heavy atom. The second kappa shape index (κ2) is 9.14. The van der Waals surface area contributed by atoms with Gasteiger partial charge in [0.25, 0.3) is 0 Å². The topological polar surface area (TPSA) is 64.4 Å². The van der Waals surface area contributed by atoms with E-state index in [1.54, 1.807) is 0 Å². The molecule has 1 heterocycles. The van der Waals surface area contributed by atoms with E-state index in [1.165, 1.54) is 6.26 Å². The van der Waals surface area contributed by atoms with Gasteiger partial charge in [-0.2, -0.15) is 0 Å². The predicted octanol–water partition coefficient (Wildman–Crippen LogP) is 4.13. The van der Waals surface area contributed by atoms with Crippen molar-refractivity contribution in [3.05, 3.63) is 77.7 Å². The molecule has 1 N–H and O–H groups in total. The molecule has 3 aromatic rings. The van der Waals surface area contributed by atoms with Crippen LogP contribution >= 0.6 is 0 Å². The van der Waals surface area contributed by atoms with E-state index in [1.807, 2.05) is 68.4 Å². The fourth-order valence-corrected chi connectivity index (χ4v) is 2.62. The highest BCUT2D eigenvalue weighted by Gasteiger charge is 2.10. The summed E-state index contributed by atoms with van der Waals surface area (Å²) < 4.78 is 11.1. The molecule has 1 aromatic heterocycles. The van der Waals surface area contributed by atoms with Crippen molar-refractivity contribution in [1.29, 1.82) is 0 Å². The number of nitrogens with one attached hydrogen (secondary N) is 1. The molecule has 0 saturated carbocycles. The zero-order chi connectivity index (χ0) is 19.1. The van der Waals surface area contributed by atoms with Crippen molar-refractivity contribution >= 4 is 5.91 Å². The van der Waals surface area contributed by atoms with Crippen LogP contribution in [-0.2, 0) is 29.1 Å². The summed E-state index contributed by atoms with van der Waals surface area (Å²) >= 11 is 0. The minimum atomic E-state index is -0.0910. The lowest BCUT2D eigenvalue weighted by molar-refractivity contribution is -0.120. The van der Waals surface area contributed by atoms with Crippen LogP contribution in [0.5, 0.6) is 0 Å². The SMILES string of the molecule is CC(C)OCc1cccc(CNC(=O)Cc2coc(-c3ccccc3)n2)c1. The van der Waals surface area contributed by atoms with E-state index >= 15 is 0 Å². The number of nitrogens with zero attached hydrogens (tertiary/aromatic N) is 1. The molecule has 0 atom stereocenters. The molecule has 2 aromatic carbocycles. The summed E-state index contributed by atoms with van der Waals surface area (Å²) in [5.74, 6) is 0.433. The molecule has 1 amide bonds. The number of ether oxygens (including phenoxy) is 1. The van der Waals surface area contributed by atoms with Gasteiger partial charge < -0.3 is 14.5 Å². The van der Waals surface area contributed by atoms with Crippen LogP contribution in [0.1, 0.15) is 30.7 Å². The van der Waals surface area contributed by atoms with E-state index in [2.05, 4.69) is 10.3 Å². The van der Waals surface area contributed by atoms with Crippen LogP contribution in [0, 0.1) is 0 Å². The minimum Gasteiger partial charge on any atom is -0.444 e. The van der Waals surface area contributed by atoms with Gasteiger partial charge in [0.2, 0.25) is 11.8 Å². The monoisotopic (exact) mass is 364 g/mol. The molecule has 0 aliphatic carbocycles. The Labute approximate surface area is 159 Å². The lowest BCUT2D eigenvalue weighted by Crippen LogP contribution is -2.24. The number of hydrogen-bond acceptors (Lipinski definition) is 4. The van der Waals surface area contributed by atoms with E-state index < -0.39 is 0 Å². The van der Waals surface area contributed by atoms with E-state index in [0.29, 0.717) is 24.7 Å². The Balaban J connectivity index is 1.51. The number of carbonyl (C=O) groups excluding carboxylic acids is 1. The molecule has 0 unspecified atom stereocenters. The summed E-state index contributed by atoms with van der Waals surface area (Å²) in [6.07, 6.45) is 1.91. The molecule has 5 heteroatoms. The third kappa shape index (κ3) is 5.79. The van der Waals surface area contributed by atoms with E-state index in [4.69, 9.17) is 9.15 Å². The van der Waals surface area contributed by atoms with Crippen molar-refractivity contribution < 1.29 is 13.9 Å². The molecule has 0 aliphatic rings. The van der Waals surface area contributed by atoms with Gasteiger partial charge >= 0.3 is 0 Å². The van der Waals surface area contributed by atoms with Gasteiger partial charge in [0, 0.05) is 12.1 Å². The maximum absolute atomic E-state index is 12.2.